The number of sulfonamides is 1. The van der Waals surface area contributed by atoms with E-state index in [0.29, 0.717) is 17.4 Å². The molecule has 0 saturated heterocycles. The number of aliphatic hydroxyl groups is 1. The molecule has 0 saturated carbocycles. The first-order chi connectivity index (χ1) is 9.28. The van der Waals surface area contributed by atoms with Crippen LogP contribution in [0.3, 0.4) is 0 Å². The molecule has 0 aliphatic carbocycles. The van der Waals surface area contributed by atoms with E-state index >= 15 is 0 Å². The molecule has 1 rings (SSSR count). The Hall–Kier alpha value is -0.880. The number of hydrogen-bond donors (Lipinski definition) is 2. The van der Waals surface area contributed by atoms with Crippen LogP contribution in [-0.2, 0) is 10.0 Å². The Bertz CT molecular complexity index is 538. The Balaban J connectivity index is 2.55. The maximum atomic E-state index is 11.7. The van der Waals surface area contributed by atoms with E-state index in [4.69, 9.17) is 11.6 Å². The van der Waals surface area contributed by atoms with Gasteiger partial charge in [0.2, 0.25) is 10.0 Å². The number of rotatable bonds is 7. The summed E-state index contributed by atoms with van der Waals surface area (Å²) in [5, 5.41) is 11.3. The Labute approximate surface area is 125 Å². The molecule has 4 nitrogen and oxygen atoms in total. The second kappa shape index (κ2) is 7.78. The highest BCUT2D eigenvalue weighted by atomic mass is 35.5. The molecular weight excluding hydrogens is 298 g/mol. The summed E-state index contributed by atoms with van der Waals surface area (Å²) in [6.45, 7) is 3.96. The highest BCUT2D eigenvalue weighted by Gasteiger charge is 2.11. The monoisotopic (exact) mass is 317 g/mol. The Morgan fingerprint density at radius 2 is 1.90 bits per heavy atom. The lowest BCUT2D eigenvalue weighted by molar-refractivity contribution is 0.152. The molecule has 0 bridgehead atoms. The van der Waals surface area contributed by atoms with Crippen LogP contribution in [0.2, 0.25) is 5.02 Å². The first-order valence-electron chi connectivity index (χ1n) is 6.40. The first-order valence-corrected chi connectivity index (χ1v) is 8.32. The fourth-order valence-corrected chi connectivity index (χ4v) is 2.61. The Morgan fingerprint density at radius 1 is 1.30 bits per heavy atom. The normalized spacial score (nSPS) is 14.1. The van der Waals surface area contributed by atoms with Crippen molar-refractivity contribution in [1.82, 2.24) is 4.72 Å². The predicted octanol–water partition coefficient (Wildman–Crippen LogP) is 2.64. The van der Waals surface area contributed by atoms with Crippen molar-refractivity contribution in [2.75, 3.05) is 6.54 Å². The summed E-state index contributed by atoms with van der Waals surface area (Å²) in [4.78, 5) is 0. The van der Waals surface area contributed by atoms with Crippen LogP contribution in [0.4, 0.5) is 0 Å². The average Bonchev–Trinajstić information content (AvgIpc) is 2.35. The van der Waals surface area contributed by atoms with Crippen molar-refractivity contribution < 1.29 is 13.5 Å². The van der Waals surface area contributed by atoms with E-state index in [9.17, 15) is 13.5 Å². The molecule has 1 atom stereocenters. The maximum Gasteiger partial charge on any atom is 0.233 e. The van der Waals surface area contributed by atoms with Crippen molar-refractivity contribution >= 4 is 27.7 Å². The van der Waals surface area contributed by atoms with Crippen LogP contribution in [0.5, 0.6) is 0 Å². The van der Waals surface area contributed by atoms with Crippen LogP contribution in [0.15, 0.2) is 29.7 Å². The standard InChI is InChI=1S/C14H20ClNO3S/c1-11(2)9-14(17)10-16-20(18,19)8-7-12-3-5-13(15)6-4-12/h3-8,11,14,16-17H,9-10H2,1-2H3/b8-7+. The minimum absolute atomic E-state index is 0.0193. The van der Waals surface area contributed by atoms with E-state index in [1.165, 1.54) is 6.08 Å². The molecule has 1 unspecified atom stereocenters. The number of nitrogens with one attached hydrogen (secondary N) is 1. The molecule has 112 valence electrons. The van der Waals surface area contributed by atoms with Gasteiger partial charge >= 0.3 is 0 Å². The van der Waals surface area contributed by atoms with Crippen LogP contribution in [0.25, 0.3) is 6.08 Å². The lowest BCUT2D eigenvalue weighted by atomic mass is 10.1. The fourth-order valence-electron chi connectivity index (χ4n) is 1.63. The van der Waals surface area contributed by atoms with Crippen molar-refractivity contribution in [3.05, 3.63) is 40.3 Å². The molecule has 2 N–H and O–H groups in total. The first kappa shape index (κ1) is 17.2. The van der Waals surface area contributed by atoms with E-state index in [1.54, 1.807) is 24.3 Å². The van der Waals surface area contributed by atoms with Crippen LogP contribution in [0.1, 0.15) is 25.8 Å². The smallest absolute Gasteiger partial charge is 0.233 e. The van der Waals surface area contributed by atoms with E-state index in [1.807, 2.05) is 13.8 Å². The average molecular weight is 318 g/mol. The van der Waals surface area contributed by atoms with Gasteiger partial charge in [-0.25, -0.2) is 13.1 Å². The van der Waals surface area contributed by atoms with Gasteiger partial charge in [0, 0.05) is 17.0 Å². The molecule has 0 aromatic heterocycles. The Kier molecular flexibility index (Phi) is 6.68. The third-order valence-electron chi connectivity index (χ3n) is 2.57. The zero-order valence-corrected chi connectivity index (χ0v) is 13.2. The minimum Gasteiger partial charge on any atom is -0.392 e. The van der Waals surface area contributed by atoms with Gasteiger partial charge in [-0.2, -0.15) is 0 Å². The van der Waals surface area contributed by atoms with Gasteiger partial charge in [-0.1, -0.05) is 37.6 Å². The summed E-state index contributed by atoms with van der Waals surface area (Å²) in [5.41, 5.74) is 0.738. The summed E-state index contributed by atoms with van der Waals surface area (Å²) in [6.07, 6.45) is 1.37. The van der Waals surface area contributed by atoms with Gasteiger partial charge in [0.15, 0.2) is 0 Å². The van der Waals surface area contributed by atoms with Crippen molar-refractivity contribution in [3.63, 3.8) is 0 Å². The van der Waals surface area contributed by atoms with E-state index < -0.39 is 16.1 Å². The van der Waals surface area contributed by atoms with Gasteiger partial charge in [-0.15, -0.1) is 0 Å². The molecular formula is C14H20ClNO3S. The second-order valence-corrected chi connectivity index (χ2v) is 7.12. The van der Waals surface area contributed by atoms with Crippen molar-refractivity contribution in [1.29, 1.82) is 0 Å². The molecule has 0 heterocycles. The molecule has 0 aliphatic rings. The number of hydrogen-bond acceptors (Lipinski definition) is 3. The topological polar surface area (TPSA) is 66.4 Å². The third-order valence-corrected chi connectivity index (χ3v) is 3.89. The number of benzene rings is 1. The predicted molar refractivity (Wildman–Crippen MR) is 82.9 cm³/mol. The summed E-state index contributed by atoms with van der Waals surface area (Å²) >= 11 is 5.75. The lowest BCUT2D eigenvalue weighted by Crippen LogP contribution is -2.31. The van der Waals surface area contributed by atoms with Gasteiger partial charge in [0.25, 0.3) is 0 Å². The highest BCUT2D eigenvalue weighted by molar-refractivity contribution is 7.92. The largest absolute Gasteiger partial charge is 0.392 e. The van der Waals surface area contributed by atoms with Crippen molar-refractivity contribution in [3.8, 4) is 0 Å². The molecule has 0 fully saturated rings. The second-order valence-electron chi connectivity index (χ2n) is 5.03. The number of aliphatic hydroxyl groups excluding tert-OH is 1. The lowest BCUT2D eigenvalue weighted by Gasteiger charge is -2.12. The highest BCUT2D eigenvalue weighted by Crippen LogP contribution is 2.11. The van der Waals surface area contributed by atoms with Gasteiger partial charge in [0.05, 0.1) is 6.10 Å². The molecule has 6 heteroatoms. The zero-order chi connectivity index (χ0) is 15.2. The molecule has 1 aromatic rings. The number of halogens is 1. The molecule has 0 spiro atoms. The van der Waals surface area contributed by atoms with Gasteiger partial charge in [-0.05, 0) is 36.1 Å². The summed E-state index contributed by atoms with van der Waals surface area (Å²) < 4.78 is 25.8. The van der Waals surface area contributed by atoms with Crippen molar-refractivity contribution in [2.45, 2.75) is 26.4 Å². The maximum absolute atomic E-state index is 11.7. The van der Waals surface area contributed by atoms with Crippen LogP contribution >= 0.6 is 11.6 Å². The molecule has 20 heavy (non-hydrogen) atoms. The van der Waals surface area contributed by atoms with Crippen LogP contribution < -0.4 is 4.72 Å². The summed E-state index contributed by atoms with van der Waals surface area (Å²) in [5.74, 6) is 0.319. The molecule has 0 aliphatic heterocycles. The summed E-state index contributed by atoms with van der Waals surface area (Å²) in [6, 6.07) is 6.82. The quantitative estimate of drug-likeness (QED) is 0.812. The third kappa shape index (κ3) is 7.05. The van der Waals surface area contributed by atoms with Gasteiger partial charge in [-0.3, -0.25) is 0 Å². The SMILES string of the molecule is CC(C)CC(O)CNS(=O)(=O)/C=C/c1ccc(Cl)cc1. The molecule has 0 radical (unpaired) electrons. The van der Waals surface area contributed by atoms with E-state index in [2.05, 4.69) is 4.72 Å². The van der Waals surface area contributed by atoms with Gasteiger partial charge in [0.1, 0.15) is 0 Å². The Morgan fingerprint density at radius 3 is 2.45 bits per heavy atom. The van der Waals surface area contributed by atoms with Crippen LogP contribution in [0, 0.1) is 5.92 Å². The van der Waals surface area contributed by atoms with E-state index in [-0.39, 0.29) is 6.54 Å². The molecule has 0 amide bonds. The fraction of sp³-hybridized carbons (Fsp3) is 0.429. The van der Waals surface area contributed by atoms with Crippen molar-refractivity contribution in [2.24, 2.45) is 5.92 Å². The summed E-state index contributed by atoms with van der Waals surface area (Å²) in [7, 11) is -3.54. The zero-order valence-electron chi connectivity index (χ0n) is 11.6. The minimum atomic E-state index is -3.54. The molecule has 1 aromatic carbocycles. The van der Waals surface area contributed by atoms with Crippen LogP contribution in [-0.4, -0.2) is 26.2 Å². The van der Waals surface area contributed by atoms with E-state index in [0.717, 1.165) is 11.0 Å². The van der Waals surface area contributed by atoms with Gasteiger partial charge < -0.3 is 5.11 Å².